The van der Waals surface area contributed by atoms with Gasteiger partial charge in [-0.25, -0.2) is 4.39 Å². The SMILES string of the molecule is OC(c1ccc(Cl)cc1F)C1(N2CCOCC2)CCCC1. The number of benzene rings is 1. The van der Waals surface area contributed by atoms with Gasteiger partial charge in [0.25, 0.3) is 0 Å². The van der Waals surface area contributed by atoms with Crippen molar-refractivity contribution in [3.8, 4) is 0 Å². The zero-order valence-corrected chi connectivity index (χ0v) is 12.8. The quantitative estimate of drug-likeness (QED) is 0.930. The molecule has 3 nitrogen and oxygen atoms in total. The van der Waals surface area contributed by atoms with Crippen molar-refractivity contribution < 1.29 is 14.2 Å². The van der Waals surface area contributed by atoms with Crippen molar-refractivity contribution in [2.45, 2.75) is 37.3 Å². The van der Waals surface area contributed by atoms with Crippen molar-refractivity contribution in [2.75, 3.05) is 26.3 Å². The highest BCUT2D eigenvalue weighted by atomic mass is 35.5. The van der Waals surface area contributed by atoms with E-state index in [-0.39, 0.29) is 5.54 Å². The molecular weight excluding hydrogens is 293 g/mol. The molecule has 1 heterocycles. The van der Waals surface area contributed by atoms with Crippen LogP contribution in [0.1, 0.15) is 37.4 Å². The fourth-order valence-electron chi connectivity index (χ4n) is 3.77. The summed E-state index contributed by atoms with van der Waals surface area (Å²) in [5.41, 5.74) is -0.00821. The van der Waals surface area contributed by atoms with E-state index in [1.807, 2.05) is 0 Å². The molecule has 3 rings (SSSR count). The lowest BCUT2D eigenvalue weighted by Gasteiger charge is -2.46. The maximum atomic E-state index is 14.2. The molecule has 1 aliphatic heterocycles. The number of rotatable bonds is 3. The Morgan fingerprint density at radius 3 is 2.52 bits per heavy atom. The predicted molar refractivity (Wildman–Crippen MR) is 80.0 cm³/mol. The molecule has 21 heavy (non-hydrogen) atoms. The van der Waals surface area contributed by atoms with E-state index in [1.54, 1.807) is 12.1 Å². The van der Waals surface area contributed by atoms with Crippen molar-refractivity contribution in [3.05, 3.63) is 34.6 Å². The molecule has 0 aromatic heterocycles. The van der Waals surface area contributed by atoms with Crippen LogP contribution in [0.3, 0.4) is 0 Å². The standard InChI is InChI=1S/C16H21ClFNO2/c17-12-3-4-13(14(18)11-12)15(20)16(5-1-2-6-16)19-7-9-21-10-8-19/h3-4,11,15,20H,1-2,5-10H2. The van der Waals surface area contributed by atoms with E-state index in [9.17, 15) is 9.50 Å². The van der Waals surface area contributed by atoms with Crippen LogP contribution in [-0.4, -0.2) is 41.8 Å². The summed E-state index contributed by atoms with van der Waals surface area (Å²) in [4.78, 5) is 2.29. The minimum Gasteiger partial charge on any atom is -0.386 e. The monoisotopic (exact) mass is 313 g/mol. The highest BCUT2D eigenvalue weighted by Gasteiger charge is 2.47. The van der Waals surface area contributed by atoms with Crippen LogP contribution in [0.15, 0.2) is 18.2 Å². The summed E-state index contributed by atoms with van der Waals surface area (Å²) in [5, 5.41) is 11.3. The minimum atomic E-state index is -0.824. The van der Waals surface area contributed by atoms with Crippen molar-refractivity contribution in [1.29, 1.82) is 0 Å². The number of hydrogen-bond acceptors (Lipinski definition) is 3. The van der Waals surface area contributed by atoms with Gasteiger partial charge >= 0.3 is 0 Å². The molecule has 1 saturated heterocycles. The average molecular weight is 314 g/mol. The van der Waals surface area contributed by atoms with E-state index in [2.05, 4.69) is 4.90 Å². The molecule has 0 radical (unpaired) electrons. The van der Waals surface area contributed by atoms with Gasteiger partial charge in [-0.05, 0) is 25.0 Å². The topological polar surface area (TPSA) is 32.7 Å². The van der Waals surface area contributed by atoms with Gasteiger partial charge in [0, 0.05) is 23.7 Å². The summed E-state index contributed by atoms with van der Waals surface area (Å²) < 4.78 is 19.6. The molecule has 2 aliphatic rings. The number of hydrogen-bond donors (Lipinski definition) is 1. The van der Waals surface area contributed by atoms with Gasteiger partial charge in [0.05, 0.1) is 18.8 Å². The predicted octanol–water partition coefficient (Wildman–Crippen LogP) is 3.16. The van der Waals surface area contributed by atoms with Gasteiger partial charge in [0.2, 0.25) is 0 Å². The van der Waals surface area contributed by atoms with E-state index in [4.69, 9.17) is 16.3 Å². The summed E-state index contributed by atoms with van der Waals surface area (Å²) in [6.07, 6.45) is 3.12. The maximum absolute atomic E-state index is 14.2. The summed E-state index contributed by atoms with van der Waals surface area (Å²) in [6, 6.07) is 4.54. The third kappa shape index (κ3) is 2.82. The van der Waals surface area contributed by atoms with Gasteiger partial charge < -0.3 is 9.84 Å². The van der Waals surface area contributed by atoms with Crippen LogP contribution < -0.4 is 0 Å². The summed E-state index contributed by atoms with van der Waals surface area (Å²) >= 11 is 5.82. The molecule has 0 spiro atoms. The molecule has 1 saturated carbocycles. The molecule has 1 aromatic rings. The van der Waals surface area contributed by atoms with Crippen molar-refractivity contribution in [1.82, 2.24) is 4.90 Å². The number of ether oxygens (including phenoxy) is 1. The Morgan fingerprint density at radius 2 is 1.90 bits per heavy atom. The molecular formula is C16H21ClFNO2. The lowest BCUT2D eigenvalue weighted by molar-refractivity contribution is -0.0783. The second-order valence-corrected chi connectivity index (χ2v) is 6.41. The third-order valence-electron chi connectivity index (χ3n) is 4.88. The zero-order chi connectivity index (χ0) is 14.9. The van der Waals surface area contributed by atoms with Gasteiger partial charge in [0.15, 0.2) is 0 Å². The molecule has 0 amide bonds. The molecule has 1 atom stereocenters. The Morgan fingerprint density at radius 1 is 1.24 bits per heavy atom. The summed E-state index contributed by atoms with van der Waals surface area (Å²) in [6.45, 7) is 2.95. The first kappa shape index (κ1) is 15.2. The average Bonchev–Trinajstić information content (AvgIpc) is 2.98. The minimum absolute atomic E-state index is 0.354. The molecule has 1 N–H and O–H groups in total. The Balaban J connectivity index is 1.92. The van der Waals surface area contributed by atoms with Crippen LogP contribution in [0.5, 0.6) is 0 Å². The van der Waals surface area contributed by atoms with Crippen LogP contribution >= 0.6 is 11.6 Å². The van der Waals surface area contributed by atoms with E-state index >= 15 is 0 Å². The van der Waals surface area contributed by atoms with Gasteiger partial charge in [-0.15, -0.1) is 0 Å². The normalized spacial score (nSPS) is 24.1. The van der Waals surface area contributed by atoms with Gasteiger partial charge in [-0.1, -0.05) is 30.5 Å². The number of halogens is 2. The van der Waals surface area contributed by atoms with E-state index < -0.39 is 11.9 Å². The largest absolute Gasteiger partial charge is 0.386 e. The lowest BCUT2D eigenvalue weighted by atomic mass is 9.83. The van der Waals surface area contributed by atoms with Crippen molar-refractivity contribution in [3.63, 3.8) is 0 Å². The van der Waals surface area contributed by atoms with E-state index in [0.29, 0.717) is 23.8 Å². The summed E-state index contributed by atoms with van der Waals surface area (Å²) in [7, 11) is 0. The zero-order valence-electron chi connectivity index (χ0n) is 12.0. The number of aliphatic hydroxyl groups excluding tert-OH is 1. The second-order valence-electron chi connectivity index (χ2n) is 5.98. The first-order chi connectivity index (χ1) is 10.1. The Hall–Kier alpha value is -0.680. The fraction of sp³-hybridized carbons (Fsp3) is 0.625. The van der Waals surface area contributed by atoms with Crippen LogP contribution in [0.4, 0.5) is 4.39 Å². The van der Waals surface area contributed by atoms with Gasteiger partial charge in [0.1, 0.15) is 11.9 Å². The Bertz CT molecular complexity index is 499. The molecule has 116 valence electrons. The van der Waals surface area contributed by atoms with Gasteiger partial charge in [-0.3, -0.25) is 4.90 Å². The van der Waals surface area contributed by atoms with Crippen LogP contribution in [0.25, 0.3) is 0 Å². The second kappa shape index (κ2) is 6.21. The molecule has 0 bridgehead atoms. The van der Waals surface area contributed by atoms with Crippen LogP contribution in [0.2, 0.25) is 5.02 Å². The first-order valence-electron chi connectivity index (χ1n) is 7.59. The number of nitrogens with zero attached hydrogens (tertiary/aromatic N) is 1. The van der Waals surface area contributed by atoms with Crippen molar-refractivity contribution >= 4 is 11.6 Å². The first-order valence-corrected chi connectivity index (χ1v) is 7.97. The summed E-state index contributed by atoms with van der Waals surface area (Å²) in [5.74, 6) is -0.422. The Kier molecular flexibility index (Phi) is 4.50. The van der Waals surface area contributed by atoms with Gasteiger partial charge in [-0.2, -0.15) is 0 Å². The molecule has 1 unspecified atom stereocenters. The molecule has 1 aliphatic carbocycles. The smallest absolute Gasteiger partial charge is 0.130 e. The van der Waals surface area contributed by atoms with Crippen LogP contribution in [-0.2, 0) is 4.74 Å². The molecule has 1 aromatic carbocycles. The third-order valence-corrected chi connectivity index (χ3v) is 5.11. The Labute approximate surface area is 129 Å². The highest BCUT2D eigenvalue weighted by molar-refractivity contribution is 6.30. The fourth-order valence-corrected chi connectivity index (χ4v) is 3.93. The van der Waals surface area contributed by atoms with E-state index in [1.165, 1.54) is 6.07 Å². The lowest BCUT2D eigenvalue weighted by Crippen LogP contribution is -2.55. The number of morpholine rings is 1. The van der Waals surface area contributed by atoms with Crippen LogP contribution in [0, 0.1) is 5.82 Å². The number of aliphatic hydroxyl groups is 1. The molecule has 2 fully saturated rings. The van der Waals surface area contributed by atoms with E-state index in [0.717, 1.165) is 38.8 Å². The maximum Gasteiger partial charge on any atom is 0.130 e. The molecule has 5 heteroatoms. The van der Waals surface area contributed by atoms with Crippen molar-refractivity contribution in [2.24, 2.45) is 0 Å². The highest BCUT2D eigenvalue weighted by Crippen LogP contribution is 2.45.